The van der Waals surface area contributed by atoms with Gasteiger partial charge in [0.1, 0.15) is 5.01 Å². The van der Waals surface area contributed by atoms with Gasteiger partial charge in [-0.05, 0) is 6.42 Å². The fourth-order valence-corrected chi connectivity index (χ4v) is 3.04. The SMILES string of the molecule is CCCc1nnc(NC(=O)C2CC(=O)N(CCOC)C2)s1. The van der Waals surface area contributed by atoms with Crippen molar-refractivity contribution in [2.75, 3.05) is 32.1 Å². The van der Waals surface area contributed by atoms with E-state index in [1.165, 1.54) is 11.3 Å². The van der Waals surface area contributed by atoms with Crippen molar-refractivity contribution in [1.29, 1.82) is 0 Å². The third-order valence-corrected chi connectivity index (χ3v) is 4.21. The summed E-state index contributed by atoms with van der Waals surface area (Å²) in [6, 6.07) is 0. The molecule has 2 rings (SSSR count). The predicted octanol–water partition coefficient (Wildman–Crippen LogP) is 0.924. The van der Waals surface area contributed by atoms with E-state index in [1.807, 2.05) is 0 Å². The second-order valence-corrected chi connectivity index (χ2v) is 6.04. The van der Waals surface area contributed by atoms with Crippen molar-refractivity contribution < 1.29 is 14.3 Å². The van der Waals surface area contributed by atoms with Crippen molar-refractivity contribution in [2.24, 2.45) is 5.92 Å². The maximum absolute atomic E-state index is 12.2. The molecule has 1 aromatic heterocycles. The highest BCUT2D eigenvalue weighted by molar-refractivity contribution is 7.15. The van der Waals surface area contributed by atoms with E-state index in [0.29, 0.717) is 24.8 Å². The van der Waals surface area contributed by atoms with Crippen molar-refractivity contribution in [3.05, 3.63) is 5.01 Å². The number of aryl methyl sites for hydroxylation is 1. The largest absolute Gasteiger partial charge is 0.383 e. The number of anilines is 1. The second kappa shape index (κ2) is 7.46. The predicted molar refractivity (Wildman–Crippen MR) is 79.1 cm³/mol. The van der Waals surface area contributed by atoms with E-state index < -0.39 is 0 Å². The van der Waals surface area contributed by atoms with Crippen LogP contribution >= 0.6 is 11.3 Å². The minimum absolute atomic E-state index is 0.00358. The third kappa shape index (κ3) is 4.21. The first-order chi connectivity index (χ1) is 10.1. The number of ether oxygens (including phenoxy) is 1. The number of nitrogens with zero attached hydrogens (tertiary/aromatic N) is 3. The van der Waals surface area contributed by atoms with Gasteiger partial charge in [0.25, 0.3) is 0 Å². The number of likely N-dealkylation sites (tertiary alicyclic amines) is 1. The van der Waals surface area contributed by atoms with Crippen molar-refractivity contribution in [3.63, 3.8) is 0 Å². The molecule has 0 aliphatic carbocycles. The first-order valence-electron chi connectivity index (χ1n) is 7.04. The van der Waals surface area contributed by atoms with Crippen LogP contribution in [0.15, 0.2) is 0 Å². The number of aromatic nitrogens is 2. The quantitative estimate of drug-likeness (QED) is 0.809. The van der Waals surface area contributed by atoms with Gasteiger partial charge in [0.05, 0.1) is 12.5 Å². The van der Waals surface area contributed by atoms with Crippen LogP contribution in [0, 0.1) is 5.92 Å². The molecule has 2 amide bonds. The number of amides is 2. The summed E-state index contributed by atoms with van der Waals surface area (Å²) in [5.74, 6) is -0.494. The van der Waals surface area contributed by atoms with Gasteiger partial charge in [-0.15, -0.1) is 10.2 Å². The Labute approximate surface area is 127 Å². The molecule has 1 saturated heterocycles. The van der Waals surface area contributed by atoms with E-state index in [0.717, 1.165) is 17.8 Å². The topological polar surface area (TPSA) is 84.4 Å². The average molecular weight is 312 g/mol. The van der Waals surface area contributed by atoms with Gasteiger partial charge >= 0.3 is 0 Å². The van der Waals surface area contributed by atoms with Crippen LogP contribution in [-0.2, 0) is 20.7 Å². The van der Waals surface area contributed by atoms with Gasteiger partial charge in [0.15, 0.2) is 0 Å². The van der Waals surface area contributed by atoms with Gasteiger partial charge in [0.2, 0.25) is 16.9 Å². The Morgan fingerprint density at radius 3 is 3.05 bits per heavy atom. The van der Waals surface area contributed by atoms with Crippen LogP contribution in [0.4, 0.5) is 5.13 Å². The van der Waals surface area contributed by atoms with Crippen molar-refractivity contribution in [2.45, 2.75) is 26.2 Å². The molecule has 1 fully saturated rings. The Kier molecular flexibility index (Phi) is 5.63. The lowest BCUT2D eigenvalue weighted by molar-refractivity contribution is -0.128. The third-order valence-electron chi connectivity index (χ3n) is 3.31. The highest BCUT2D eigenvalue weighted by Crippen LogP contribution is 2.21. The summed E-state index contributed by atoms with van der Waals surface area (Å²) in [5, 5.41) is 12.1. The summed E-state index contributed by atoms with van der Waals surface area (Å²) < 4.78 is 4.96. The van der Waals surface area contributed by atoms with Crippen LogP contribution in [0.1, 0.15) is 24.8 Å². The van der Waals surface area contributed by atoms with Crippen molar-refractivity contribution >= 4 is 28.3 Å². The number of hydrogen-bond acceptors (Lipinski definition) is 6. The molecule has 7 nitrogen and oxygen atoms in total. The molecule has 1 aliphatic heterocycles. The molecule has 8 heteroatoms. The molecular formula is C13H20N4O3S. The zero-order chi connectivity index (χ0) is 15.2. The molecule has 0 radical (unpaired) electrons. The van der Waals surface area contributed by atoms with Crippen molar-refractivity contribution in [1.82, 2.24) is 15.1 Å². The van der Waals surface area contributed by atoms with Gasteiger partial charge in [0, 0.05) is 33.0 Å². The molecule has 0 bridgehead atoms. The Bertz CT molecular complexity index is 505. The maximum atomic E-state index is 12.2. The van der Waals surface area contributed by atoms with Crippen molar-refractivity contribution in [3.8, 4) is 0 Å². The highest BCUT2D eigenvalue weighted by Gasteiger charge is 2.34. The van der Waals surface area contributed by atoms with Crippen LogP contribution < -0.4 is 5.32 Å². The number of carbonyl (C=O) groups excluding carboxylic acids is 2. The lowest BCUT2D eigenvalue weighted by Gasteiger charge is -2.15. The van der Waals surface area contributed by atoms with E-state index >= 15 is 0 Å². The van der Waals surface area contributed by atoms with Crippen LogP contribution in [0.3, 0.4) is 0 Å². The van der Waals surface area contributed by atoms with Gasteiger partial charge in [-0.3, -0.25) is 9.59 Å². The normalized spacial score (nSPS) is 18.3. The minimum Gasteiger partial charge on any atom is -0.383 e. The first kappa shape index (κ1) is 15.8. The van der Waals surface area contributed by atoms with Gasteiger partial charge in [-0.1, -0.05) is 18.3 Å². The standard InChI is InChI=1S/C13H20N4O3S/c1-3-4-10-15-16-13(21-10)14-12(19)9-7-11(18)17(8-9)5-6-20-2/h9H,3-8H2,1-2H3,(H,14,16,19). The summed E-state index contributed by atoms with van der Waals surface area (Å²) in [6.45, 7) is 3.52. The Morgan fingerprint density at radius 2 is 2.33 bits per heavy atom. The maximum Gasteiger partial charge on any atom is 0.231 e. The number of methoxy groups -OCH3 is 1. The molecule has 116 valence electrons. The molecule has 0 saturated carbocycles. The Balaban J connectivity index is 1.87. The summed E-state index contributed by atoms with van der Waals surface area (Å²) in [6.07, 6.45) is 2.10. The van der Waals surface area contributed by atoms with Crippen LogP contribution in [0.5, 0.6) is 0 Å². The fraction of sp³-hybridized carbons (Fsp3) is 0.692. The molecule has 1 aromatic rings. The van der Waals surface area contributed by atoms with Crippen LogP contribution in [0.2, 0.25) is 0 Å². The number of rotatable bonds is 7. The smallest absolute Gasteiger partial charge is 0.231 e. The summed E-state index contributed by atoms with van der Waals surface area (Å²) in [4.78, 5) is 25.6. The molecule has 1 atom stereocenters. The highest BCUT2D eigenvalue weighted by atomic mass is 32.1. The minimum atomic E-state index is -0.326. The fourth-order valence-electron chi connectivity index (χ4n) is 2.19. The lowest BCUT2D eigenvalue weighted by Crippen LogP contribution is -2.30. The number of carbonyl (C=O) groups is 2. The average Bonchev–Trinajstić information content (AvgIpc) is 3.04. The van der Waals surface area contributed by atoms with E-state index in [4.69, 9.17) is 4.74 Å². The Hall–Kier alpha value is -1.54. The molecular weight excluding hydrogens is 292 g/mol. The zero-order valence-electron chi connectivity index (χ0n) is 12.3. The molecule has 1 unspecified atom stereocenters. The monoisotopic (exact) mass is 312 g/mol. The van der Waals surface area contributed by atoms with Crippen LogP contribution in [-0.4, -0.2) is 53.7 Å². The second-order valence-electron chi connectivity index (χ2n) is 4.97. The number of hydrogen-bond donors (Lipinski definition) is 1. The molecule has 1 N–H and O–H groups in total. The molecule has 2 heterocycles. The zero-order valence-corrected chi connectivity index (χ0v) is 13.1. The van der Waals surface area contributed by atoms with E-state index in [2.05, 4.69) is 22.4 Å². The molecule has 1 aliphatic rings. The summed E-state index contributed by atoms with van der Waals surface area (Å²) in [5.41, 5.74) is 0. The molecule has 21 heavy (non-hydrogen) atoms. The van der Waals surface area contributed by atoms with E-state index in [9.17, 15) is 9.59 Å². The summed E-state index contributed by atoms with van der Waals surface area (Å²) >= 11 is 1.39. The molecule has 0 aromatic carbocycles. The number of nitrogens with one attached hydrogen (secondary N) is 1. The van der Waals surface area contributed by atoms with Gasteiger partial charge < -0.3 is 15.0 Å². The van der Waals surface area contributed by atoms with Crippen LogP contribution in [0.25, 0.3) is 0 Å². The Morgan fingerprint density at radius 1 is 1.52 bits per heavy atom. The van der Waals surface area contributed by atoms with E-state index in [-0.39, 0.29) is 24.2 Å². The summed E-state index contributed by atoms with van der Waals surface area (Å²) in [7, 11) is 1.59. The lowest BCUT2D eigenvalue weighted by atomic mass is 10.1. The van der Waals surface area contributed by atoms with Gasteiger partial charge in [-0.25, -0.2) is 0 Å². The van der Waals surface area contributed by atoms with E-state index in [1.54, 1.807) is 12.0 Å². The molecule has 0 spiro atoms. The van der Waals surface area contributed by atoms with Gasteiger partial charge in [-0.2, -0.15) is 0 Å². The first-order valence-corrected chi connectivity index (χ1v) is 7.85.